The third-order valence-electron chi connectivity index (χ3n) is 5.90. The molecule has 1 aliphatic rings. The lowest BCUT2D eigenvalue weighted by atomic mass is 10.0. The zero-order chi connectivity index (χ0) is 28.8. The highest BCUT2D eigenvalue weighted by atomic mass is 32.2. The van der Waals surface area contributed by atoms with Crippen LogP contribution < -0.4 is 25.8 Å². The van der Waals surface area contributed by atoms with Gasteiger partial charge in [0.2, 0.25) is 5.91 Å². The molecule has 0 radical (unpaired) electrons. The first-order valence-corrected chi connectivity index (χ1v) is 13.2. The lowest BCUT2D eigenvalue weighted by molar-refractivity contribution is -0.145. The molecule has 1 aromatic heterocycles. The van der Waals surface area contributed by atoms with Gasteiger partial charge in [-0.05, 0) is 52.9 Å². The fourth-order valence-corrected chi connectivity index (χ4v) is 4.63. The van der Waals surface area contributed by atoms with Crippen molar-refractivity contribution in [2.45, 2.75) is 38.6 Å². The minimum Gasteiger partial charge on any atom is -0.479 e. The second-order valence-electron chi connectivity index (χ2n) is 8.80. The van der Waals surface area contributed by atoms with E-state index in [1.165, 1.54) is 13.0 Å². The number of amides is 2. The Hall–Kier alpha value is -4.23. The molecule has 4 rings (SSSR count). The zero-order valence-corrected chi connectivity index (χ0v) is 22.1. The number of rotatable bonds is 11. The number of carbonyl (C=O) groups is 3. The smallest absolute Gasteiger partial charge is 0.344 e. The number of hydrogen-bond acceptors (Lipinski definition) is 8. The highest BCUT2D eigenvalue weighted by molar-refractivity contribution is 8.14. The lowest BCUT2D eigenvalue weighted by Crippen LogP contribution is -2.42. The number of carbonyl (C=O) groups excluding carboxylic acids is 2. The van der Waals surface area contributed by atoms with E-state index in [-0.39, 0.29) is 29.9 Å². The monoisotopic (exact) mass is 572 g/mol. The molecule has 0 bridgehead atoms. The van der Waals surface area contributed by atoms with Gasteiger partial charge in [0, 0.05) is 24.9 Å². The summed E-state index contributed by atoms with van der Waals surface area (Å²) in [5.41, 5.74) is 8.64. The first-order valence-electron chi connectivity index (χ1n) is 12.2. The molecule has 10 nitrogen and oxygen atoms in total. The quantitative estimate of drug-likeness (QED) is 0.267. The molecule has 40 heavy (non-hydrogen) atoms. The van der Waals surface area contributed by atoms with Crippen molar-refractivity contribution in [2.24, 2.45) is 5.73 Å². The van der Waals surface area contributed by atoms with E-state index >= 15 is 0 Å². The summed E-state index contributed by atoms with van der Waals surface area (Å²) in [5.74, 6) is -4.94. The average Bonchev–Trinajstić information content (AvgIpc) is 3.38. The summed E-state index contributed by atoms with van der Waals surface area (Å²) in [4.78, 5) is 39.0. The molecule has 0 saturated carbocycles. The first kappa shape index (κ1) is 28.8. The van der Waals surface area contributed by atoms with Crippen LogP contribution in [0.1, 0.15) is 24.5 Å². The van der Waals surface area contributed by atoms with E-state index in [0.29, 0.717) is 29.5 Å². The third-order valence-corrected chi connectivity index (χ3v) is 6.78. The van der Waals surface area contributed by atoms with Gasteiger partial charge >= 0.3 is 5.97 Å². The number of halogens is 2. The van der Waals surface area contributed by atoms with Crippen LogP contribution in [0.4, 0.5) is 13.6 Å². The second-order valence-corrected chi connectivity index (χ2v) is 9.79. The number of aliphatic carboxylic acids is 1. The van der Waals surface area contributed by atoms with E-state index in [1.807, 2.05) is 24.3 Å². The molecule has 1 aliphatic heterocycles. The molecule has 13 heteroatoms. The molecule has 2 aromatic carbocycles. The summed E-state index contributed by atoms with van der Waals surface area (Å²) in [6.07, 6.45) is -1.37. The maximum Gasteiger partial charge on any atom is 0.344 e. The molecule has 1 fully saturated rings. The van der Waals surface area contributed by atoms with E-state index in [1.54, 1.807) is 12.1 Å². The van der Waals surface area contributed by atoms with Crippen molar-refractivity contribution < 1.29 is 37.7 Å². The van der Waals surface area contributed by atoms with Crippen molar-refractivity contribution in [3.8, 4) is 28.6 Å². The number of carboxylic acids is 1. The molecular formula is C27H26F2N4O6S. The van der Waals surface area contributed by atoms with Crippen LogP contribution in [-0.2, 0) is 22.7 Å². The fraction of sp³-hybridized carbons (Fsp3) is 0.259. The summed E-state index contributed by atoms with van der Waals surface area (Å²) >= 11 is 1.02. The number of pyridine rings is 1. The normalized spacial score (nSPS) is 15.3. The van der Waals surface area contributed by atoms with E-state index in [2.05, 4.69) is 15.6 Å². The Labute approximate surface area is 232 Å². The zero-order valence-electron chi connectivity index (χ0n) is 21.3. The van der Waals surface area contributed by atoms with Crippen LogP contribution in [0.3, 0.4) is 0 Å². The van der Waals surface area contributed by atoms with Gasteiger partial charge in [-0.15, -0.1) is 0 Å². The summed E-state index contributed by atoms with van der Waals surface area (Å²) < 4.78 is 39.8. The molecule has 2 unspecified atom stereocenters. The number of nitrogens with zero attached hydrogens (tertiary/aromatic N) is 1. The van der Waals surface area contributed by atoms with Crippen molar-refractivity contribution in [2.75, 3.05) is 5.75 Å². The number of benzene rings is 2. The Balaban J connectivity index is 1.65. The molecular weight excluding hydrogens is 546 g/mol. The Kier molecular flexibility index (Phi) is 9.17. The van der Waals surface area contributed by atoms with Gasteiger partial charge < -0.3 is 30.9 Å². The summed E-state index contributed by atoms with van der Waals surface area (Å²) in [6.45, 7) is 1.89. The SMILES string of the molecule is CCC(Oc1nc(Oc2cc(CNC(=O)C3CSC(=O)N3)cc(-c3cccc(CN)c3)c2)c(F)cc1F)C(=O)O. The van der Waals surface area contributed by atoms with Crippen LogP contribution >= 0.6 is 11.8 Å². The maximum atomic E-state index is 14.7. The van der Waals surface area contributed by atoms with Crippen LogP contribution in [0.25, 0.3) is 11.1 Å². The standard InChI is InChI=1S/C27H26F2N4O6S/c1-2-22(26(35)36)39-25-20(29)10-19(28)24(33-25)38-18-8-15(12-31-23(34)21-13-40-27(37)32-21)7-17(9-18)16-5-3-4-14(6-16)11-30/h3-10,21-22H,2,11-13,30H2,1H3,(H,31,34)(H,32,37)(H,35,36). The highest BCUT2D eigenvalue weighted by Gasteiger charge is 2.28. The predicted molar refractivity (Wildman–Crippen MR) is 143 cm³/mol. The predicted octanol–water partition coefficient (Wildman–Crippen LogP) is 3.96. The summed E-state index contributed by atoms with van der Waals surface area (Å²) in [7, 11) is 0. The van der Waals surface area contributed by atoms with Crippen molar-refractivity contribution in [3.63, 3.8) is 0 Å². The minimum absolute atomic E-state index is 0.0201. The van der Waals surface area contributed by atoms with Crippen LogP contribution in [0, 0.1) is 11.6 Å². The highest BCUT2D eigenvalue weighted by Crippen LogP contribution is 2.32. The number of carboxylic acid groups (broad SMARTS) is 1. The molecule has 2 amide bonds. The molecule has 1 saturated heterocycles. The van der Waals surface area contributed by atoms with Crippen LogP contribution in [0.15, 0.2) is 48.5 Å². The van der Waals surface area contributed by atoms with E-state index in [4.69, 9.17) is 15.2 Å². The molecule has 0 spiro atoms. The van der Waals surface area contributed by atoms with Gasteiger partial charge in [-0.25, -0.2) is 13.6 Å². The minimum atomic E-state index is -1.39. The average molecular weight is 573 g/mol. The van der Waals surface area contributed by atoms with Gasteiger partial charge in [0.1, 0.15) is 11.8 Å². The molecule has 210 valence electrons. The van der Waals surface area contributed by atoms with Gasteiger partial charge in [0.15, 0.2) is 17.7 Å². The van der Waals surface area contributed by atoms with Crippen LogP contribution in [0.5, 0.6) is 17.5 Å². The summed E-state index contributed by atoms with van der Waals surface area (Å²) in [6, 6.07) is 12.2. The Morgan fingerprint density at radius 2 is 1.90 bits per heavy atom. The molecule has 3 aromatic rings. The first-order chi connectivity index (χ1) is 19.2. The van der Waals surface area contributed by atoms with Gasteiger partial charge in [-0.3, -0.25) is 9.59 Å². The Morgan fingerprint density at radius 1 is 1.15 bits per heavy atom. The number of thioether (sulfide) groups is 1. The maximum absolute atomic E-state index is 14.7. The van der Waals surface area contributed by atoms with E-state index in [0.717, 1.165) is 22.9 Å². The number of aromatic nitrogens is 1. The summed E-state index contributed by atoms with van der Waals surface area (Å²) in [5, 5.41) is 14.3. The number of nitrogens with one attached hydrogen (secondary N) is 2. The Bertz CT molecular complexity index is 1440. The lowest BCUT2D eigenvalue weighted by Gasteiger charge is -2.16. The third kappa shape index (κ3) is 7.04. The fourth-order valence-electron chi connectivity index (χ4n) is 3.85. The van der Waals surface area contributed by atoms with Crippen LogP contribution in [-0.4, -0.2) is 45.1 Å². The molecule has 0 aliphatic carbocycles. The van der Waals surface area contributed by atoms with Gasteiger partial charge in [0.25, 0.3) is 17.0 Å². The van der Waals surface area contributed by atoms with Gasteiger partial charge in [-0.2, -0.15) is 4.98 Å². The van der Waals surface area contributed by atoms with Crippen molar-refractivity contribution in [1.82, 2.24) is 15.6 Å². The number of nitrogens with two attached hydrogens (primary N) is 1. The molecule has 2 atom stereocenters. The topological polar surface area (TPSA) is 153 Å². The molecule has 2 heterocycles. The Morgan fingerprint density at radius 3 is 2.58 bits per heavy atom. The number of ether oxygens (including phenoxy) is 2. The van der Waals surface area contributed by atoms with E-state index in [9.17, 15) is 28.3 Å². The van der Waals surface area contributed by atoms with Crippen molar-refractivity contribution >= 4 is 28.9 Å². The van der Waals surface area contributed by atoms with Crippen molar-refractivity contribution in [1.29, 1.82) is 0 Å². The van der Waals surface area contributed by atoms with Crippen LogP contribution in [0.2, 0.25) is 0 Å². The van der Waals surface area contributed by atoms with E-state index < -0.39 is 41.5 Å². The van der Waals surface area contributed by atoms with Gasteiger partial charge in [0.05, 0.1) is 0 Å². The molecule has 5 N–H and O–H groups in total. The van der Waals surface area contributed by atoms with Crippen molar-refractivity contribution in [3.05, 3.63) is 71.3 Å². The number of hydrogen-bond donors (Lipinski definition) is 4. The van der Waals surface area contributed by atoms with Gasteiger partial charge in [-0.1, -0.05) is 36.9 Å². The second kappa shape index (κ2) is 12.7. The largest absolute Gasteiger partial charge is 0.479 e.